The molecule has 0 aliphatic rings. The SMILES string of the molecule is COc1ccc(PP)cc1. The van der Waals surface area contributed by atoms with Crippen molar-refractivity contribution in [2.45, 2.75) is 0 Å². The van der Waals surface area contributed by atoms with Gasteiger partial charge in [0.25, 0.3) is 0 Å². The highest BCUT2D eigenvalue weighted by molar-refractivity contribution is 8.06. The Labute approximate surface area is 65.0 Å². The van der Waals surface area contributed by atoms with E-state index in [0.717, 1.165) is 14.0 Å². The molecule has 0 radical (unpaired) electrons. The molecule has 0 heterocycles. The van der Waals surface area contributed by atoms with Crippen molar-refractivity contribution in [1.29, 1.82) is 0 Å². The van der Waals surface area contributed by atoms with Crippen molar-refractivity contribution in [3.05, 3.63) is 24.3 Å². The van der Waals surface area contributed by atoms with Gasteiger partial charge < -0.3 is 4.74 Å². The van der Waals surface area contributed by atoms with Gasteiger partial charge in [0.15, 0.2) is 0 Å². The summed E-state index contributed by atoms with van der Waals surface area (Å²) in [6.45, 7) is 0. The minimum absolute atomic E-state index is 0.789. The second-order valence-corrected chi connectivity index (χ2v) is 3.60. The van der Waals surface area contributed by atoms with Gasteiger partial charge in [0.1, 0.15) is 5.75 Å². The molecule has 0 aromatic heterocycles. The van der Waals surface area contributed by atoms with Crippen LogP contribution in [0, 0.1) is 0 Å². The molecule has 1 rings (SSSR count). The van der Waals surface area contributed by atoms with Crippen LogP contribution in [-0.4, -0.2) is 7.11 Å². The van der Waals surface area contributed by atoms with E-state index >= 15 is 0 Å². The lowest BCUT2D eigenvalue weighted by Gasteiger charge is -1.99. The fourth-order valence-electron chi connectivity index (χ4n) is 0.687. The van der Waals surface area contributed by atoms with Crippen LogP contribution >= 0.6 is 17.2 Å². The predicted molar refractivity (Wildman–Crippen MR) is 50.7 cm³/mol. The van der Waals surface area contributed by atoms with Gasteiger partial charge in [-0.25, -0.2) is 0 Å². The van der Waals surface area contributed by atoms with Crippen molar-refractivity contribution in [3.63, 3.8) is 0 Å². The Morgan fingerprint density at radius 3 is 2.30 bits per heavy atom. The van der Waals surface area contributed by atoms with E-state index in [0.29, 0.717) is 0 Å². The Bertz CT molecular complexity index is 172. The summed E-state index contributed by atoms with van der Waals surface area (Å²) < 4.78 is 5.01. The predicted octanol–water partition coefficient (Wildman–Crippen LogP) is 1.79. The minimum atomic E-state index is 0.789. The lowest BCUT2D eigenvalue weighted by atomic mass is 10.3. The van der Waals surface area contributed by atoms with E-state index in [4.69, 9.17) is 4.74 Å². The molecular weight excluding hydrogens is 162 g/mol. The van der Waals surface area contributed by atoms with Crippen LogP contribution in [0.1, 0.15) is 0 Å². The number of hydrogen-bond donors (Lipinski definition) is 0. The van der Waals surface area contributed by atoms with Crippen LogP contribution < -0.4 is 10.0 Å². The Morgan fingerprint density at radius 1 is 1.30 bits per heavy atom. The van der Waals surface area contributed by atoms with Gasteiger partial charge in [-0.1, -0.05) is 20.4 Å². The first-order valence-electron chi connectivity index (χ1n) is 2.97. The molecule has 0 fully saturated rings. The number of hydrogen-bond acceptors (Lipinski definition) is 1. The van der Waals surface area contributed by atoms with E-state index in [2.05, 4.69) is 21.1 Å². The highest BCUT2D eigenvalue weighted by Gasteiger charge is 1.89. The molecule has 0 aliphatic carbocycles. The molecule has 0 saturated heterocycles. The van der Waals surface area contributed by atoms with Crippen LogP contribution in [0.15, 0.2) is 24.3 Å². The van der Waals surface area contributed by atoms with E-state index in [1.807, 2.05) is 12.1 Å². The molecule has 2 unspecified atom stereocenters. The van der Waals surface area contributed by atoms with Crippen molar-refractivity contribution in [3.8, 4) is 5.75 Å². The Morgan fingerprint density at radius 2 is 1.90 bits per heavy atom. The molecule has 3 heteroatoms. The summed E-state index contributed by atoms with van der Waals surface area (Å²) in [5.41, 5.74) is 0. The van der Waals surface area contributed by atoms with Crippen LogP contribution in [0.5, 0.6) is 5.75 Å². The van der Waals surface area contributed by atoms with E-state index < -0.39 is 0 Å². The summed E-state index contributed by atoms with van der Waals surface area (Å²) in [4.78, 5) is 0. The van der Waals surface area contributed by atoms with Crippen LogP contribution in [-0.2, 0) is 0 Å². The van der Waals surface area contributed by atoms with Crippen LogP contribution in [0.25, 0.3) is 0 Å². The molecule has 1 aromatic carbocycles. The van der Waals surface area contributed by atoms with Crippen LogP contribution in [0.2, 0.25) is 0 Å². The first-order chi connectivity index (χ1) is 4.86. The van der Waals surface area contributed by atoms with Gasteiger partial charge in [-0.15, -0.1) is 8.93 Å². The first kappa shape index (κ1) is 7.98. The number of rotatable bonds is 2. The molecule has 0 aliphatic heterocycles. The van der Waals surface area contributed by atoms with Gasteiger partial charge in [-0.2, -0.15) is 0 Å². The van der Waals surface area contributed by atoms with E-state index in [9.17, 15) is 0 Å². The van der Waals surface area contributed by atoms with Gasteiger partial charge in [-0.05, 0) is 17.4 Å². The van der Waals surface area contributed by atoms with Crippen LogP contribution in [0.4, 0.5) is 0 Å². The highest BCUT2D eigenvalue weighted by Crippen LogP contribution is 2.20. The molecule has 0 saturated carbocycles. The molecule has 0 spiro atoms. The zero-order valence-electron chi connectivity index (χ0n) is 5.79. The zero-order valence-corrected chi connectivity index (χ0v) is 7.95. The molecule has 0 amide bonds. The summed E-state index contributed by atoms with van der Waals surface area (Å²) in [6, 6.07) is 8.10. The van der Waals surface area contributed by atoms with E-state index in [-0.39, 0.29) is 0 Å². The summed E-state index contributed by atoms with van der Waals surface area (Å²) in [5.74, 6) is 0.923. The third kappa shape index (κ3) is 1.94. The van der Waals surface area contributed by atoms with Gasteiger partial charge >= 0.3 is 0 Å². The van der Waals surface area contributed by atoms with Crippen molar-refractivity contribution in [2.75, 3.05) is 7.11 Å². The smallest absolute Gasteiger partial charge is 0.118 e. The Balaban J connectivity index is 2.80. The monoisotopic (exact) mass is 172 g/mol. The third-order valence-corrected chi connectivity index (χ3v) is 2.92. The third-order valence-electron chi connectivity index (χ3n) is 1.26. The zero-order chi connectivity index (χ0) is 7.40. The quantitative estimate of drug-likeness (QED) is 0.618. The standard InChI is InChI=1S/C7H10OP2/c1-8-6-2-4-7(10-9)5-3-6/h2-5,10H,9H2,1H3. The molecule has 0 bridgehead atoms. The molecule has 54 valence electrons. The number of benzene rings is 1. The summed E-state index contributed by atoms with van der Waals surface area (Å²) >= 11 is 0. The maximum atomic E-state index is 5.01. The van der Waals surface area contributed by atoms with Crippen molar-refractivity contribution >= 4 is 22.5 Å². The van der Waals surface area contributed by atoms with Crippen molar-refractivity contribution < 1.29 is 4.74 Å². The number of methoxy groups -OCH3 is 1. The summed E-state index contributed by atoms with van der Waals surface area (Å²) in [6.07, 6.45) is 0. The lowest BCUT2D eigenvalue weighted by Crippen LogP contribution is -1.90. The molecule has 1 nitrogen and oxygen atoms in total. The van der Waals surface area contributed by atoms with Gasteiger partial charge in [-0.3, -0.25) is 0 Å². The Kier molecular flexibility index (Phi) is 3.12. The maximum Gasteiger partial charge on any atom is 0.118 e. The molecule has 0 N–H and O–H groups in total. The molecular formula is C7H10OP2. The average molecular weight is 172 g/mol. The van der Waals surface area contributed by atoms with Crippen molar-refractivity contribution in [2.24, 2.45) is 0 Å². The normalized spacial score (nSPS) is 10.6. The lowest BCUT2D eigenvalue weighted by molar-refractivity contribution is 0.415. The fraction of sp³-hybridized carbons (Fsp3) is 0.143. The van der Waals surface area contributed by atoms with E-state index in [1.54, 1.807) is 7.11 Å². The average Bonchev–Trinajstić information content (AvgIpc) is 2.05. The number of ether oxygens (including phenoxy) is 1. The topological polar surface area (TPSA) is 9.23 Å². The first-order valence-corrected chi connectivity index (χ1v) is 5.78. The van der Waals surface area contributed by atoms with Crippen molar-refractivity contribution in [1.82, 2.24) is 0 Å². The van der Waals surface area contributed by atoms with E-state index in [1.165, 1.54) is 5.30 Å². The second kappa shape index (κ2) is 3.91. The van der Waals surface area contributed by atoms with Gasteiger partial charge in [0.05, 0.1) is 7.11 Å². The summed E-state index contributed by atoms with van der Waals surface area (Å²) in [5, 5.41) is 1.34. The molecule has 10 heavy (non-hydrogen) atoms. The summed E-state index contributed by atoms with van der Waals surface area (Å²) in [7, 11) is 5.18. The molecule has 1 aromatic rings. The fourth-order valence-corrected chi connectivity index (χ4v) is 1.62. The highest BCUT2D eigenvalue weighted by atomic mass is 32.0. The van der Waals surface area contributed by atoms with Gasteiger partial charge in [0.2, 0.25) is 0 Å². The Hall–Kier alpha value is -0.120. The van der Waals surface area contributed by atoms with Crippen LogP contribution in [0.3, 0.4) is 0 Å². The maximum absolute atomic E-state index is 5.01. The molecule has 2 atom stereocenters. The minimum Gasteiger partial charge on any atom is -0.497 e. The largest absolute Gasteiger partial charge is 0.497 e. The van der Waals surface area contributed by atoms with Gasteiger partial charge in [0, 0.05) is 0 Å². The second-order valence-electron chi connectivity index (χ2n) is 1.87.